The summed E-state index contributed by atoms with van der Waals surface area (Å²) in [7, 11) is 0. The van der Waals surface area contributed by atoms with E-state index in [1.54, 1.807) is 18.2 Å². The highest BCUT2D eigenvalue weighted by Gasteiger charge is 2.24. The Labute approximate surface area is 207 Å². The van der Waals surface area contributed by atoms with Gasteiger partial charge in [-0.2, -0.15) is 0 Å². The Kier molecular flexibility index (Phi) is 8.87. The van der Waals surface area contributed by atoms with Crippen LogP contribution in [0.4, 0.5) is 11.4 Å². The summed E-state index contributed by atoms with van der Waals surface area (Å²) in [5.74, 6) is 0.942. The number of thiocarbonyl (C=S) groups is 1. The maximum atomic E-state index is 12.7. The maximum Gasteiger partial charge on any atom is 0.257 e. The van der Waals surface area contributed by atoms with Crippen LogP contribution in [0.5, 0.6) is 5.75 Å². The molecule has 0 aliphatic carbocycles. The minimum atomic E-state index is -0.300. The van der Waals surface area contributed by atoms with Crippen molar-refractivity contribution in [3.8, 4) is 5.75 Å². The molecule has 0 radical (unpaired) electrons. The fourth-order valence-corrected chi connectivity index (χ4v) is 3.91. The van der Waals surface area contributed by atoms with Gasteiger partial charge in [-0.15, -0.1) is 0 Å². The van der Waals surface area contributed by atoms with Crippen LogP contribution in [0.2, 0.25) is 0 Å². The first kappa shape index (κ1) is 25.5. The summed E-state index contributed by atoms with van der Waals surface area (Å²) < 4.78 is 5.72. The Morgan fingerprint density at radius 1 is 1.00 bits per heavy atom. The molecule has 8 heteroatoms. The van der Waals surface area contributed by atoms with Crippen molar-refractivity contribution in [2.45, 2.75) is 27.7 Å². The van der Waals surface area contributed by atoms with Gasteiger partial charge < -0.3 is 19.9 Å². The number of hydrogen-bond acceptors (Lipinski definition) is 5. The molecule has 0 unspecified atom stereocenters. The molecule has 7 nitrogen and oxygen atoms in total. The van der Waals surface area contributed by atoms with Crippen LogP contribution >= 0.6 is 12.2 Å². The third kappa shape index (κ3) is 6.93. The average molecular weight is 483 g/mol. The van der Waals surface area contributed by atoms with Crippen molar-refractivity contribution in [3.63, 3.8) is 0 Å². The molecule has 2 N–H and O–H groups in total. The lowest BCUT2D eigenvalue weighted by Gasteiger charge is -2.37. The first-order valence-corrected chi connectivity index (χ1v) is 12.1. The highest BCUT2D eigenvalue weighted by Crippen LogP contribution is 2.27. The van der Waals surface area contributed by atoms with E-state index < -0.39 is 0 Å². The van der Waals surface area contributed by atoms with Crippen LogP contribution < -0.4 is 20.3 Å². The van der Waals surface area contributed by atoms with Crippen LogP contribution in [0.15, 0.2) is 48.5 Å². The summed E-state index contributed by atoms with van der Waals surface area (Å²) in [6.07, 6.45) is 0. The van der Waals surface area contributed by atoms with Crippen LogP contribution in [0.3, 0.4) is 0 Å². The van der Waals surface area contributed by atoms with Gasteiger partial charge in [0, 0.05) is 37.7 Å². The van der Waals surface area contributed by atoms with Gasteiger partial charge in [-0.25, -0.2) is 0 Å². The Balaban J connectivity index is 1.60. The van der Waals surface area contributed by atoms with Gasteiger partial charge in [0.05, 0.1) is 18.0 Å². The Bertz CT molecular complexity index is 1020. The van der Waals surface area contributed by atoms with Crippen molar-refractivity contribution in [1.82, 2.24) is 10.2 Å². The molecule has 0 bridgehead atoms. The second-order valence-corrected chi connectivity index (χ2v) is 9.53. The van der Waals surface area contributed by atoms with Gasteiger partial charge in [-0.3, -0.25) is 14.9 Å². The molecule has 1 heterocycles. The van der Waals surface area contributed by atoms with Crippen LogP contribution in [0.25, 0.3) is 0 Å². The van der Waals surface area contributed by atoms with E-state index in [1.165, 1.54) is 0 Å². The summed E-state index contributed by atoms with van der Waals surface area (Å²) in [5, 5.41) is 6.14. The van der Waals surface area contributed by atoms with Gasteiger partial charge in [0.1, 0.15) is 5.75 Å². The number of rotatable bonds is 7. The smallest absolute Gasteiger partial charge is 0.257 e. The fraction of sp³-hybridized carbons (Fsp3) is 0.423. The summed E-state index contributed by atoms with van der Waals surface area (Å²) in [4.78, 5) is 29.2. The molecule has 2 amide bonds. The molecule has 1 aliphatic rings. The van der Waals surface area contributed by atoms with E-state index >= 15 is 0 Å². The zero-order valence-corrected chi connectivity index (χ0v) is 21.2. The normalized spacial score (nSPS) is 13.7. The number of nitrogens with zero attached hydrogens (tertiary/aromatic N) is 2. The number of anilines is 2. The molecule has 2 aromatic carbocycles. The molecule has 0 atom stereocenters. The SMILES string of the molecule is CC(C)COc1cccc(C(=O)NC(=S)Nc2ccccc2N2CCN(C(=O)C(C)C)CC2)c1. The second kappa shape index (κ2) is 11.8. The summed E-state index contributed by atoms with van der Waals surface area (Å²) in [6, 6.07) is 14.9. The molecular weight excluding hydrogens is 448 g/mol. The van der Waals surface area contributed by atoms with Crippen LogP contribution in [0.1, 0.15) is 38.1 Å². The topological polar surface area (TPSA) is 73.9 Å². The maximum absolute atomic E-state index is 12.7. The molecule has 34 heavy (non-hydrogen) atoms. The number of benzene rings is 2. The Morgan fingerprint density at radius 2 is 1.71 bits per heavy atom. The third-order valence-corrected chi connectivity index (χ3v) is 5.69. The zero-order chi connectivity index (χ0) is 24.7. The van der Waals surface area contributed by atoms with Gasteiger partial charge in [-0.05, 0) is 48.5 Å². The number of hydrogen-bond donors (Lipinski definition) is 2. The fourth-order valence-electron chi connectivity index (χ4n) is 3.71. The van der Waals surface area contributed by atoms with Crippen molar-refractivity contribution in [2.24, 2.45) is 11.8 Å². The van der Waals surface area contributed by atoms with Crippen molar-refractivity contribution < 1.29 is 14.3 Å². The van der Waals surface area contributed by atoms with E-state index in [0.29, 0.717) is 36.9 Å². The lowest BCUT2D eigenvalue weighted by Crippen LogP contribution is -2.50. The summed E-state index contributed by atoms with van der Waals surface area (Å²) >= 11 is 5.43. The van der Waals surface area contributed by atoms with Crippen LogP contribution in [0, 0.1) is 11.8 Å². The van der Waals surface area contributed by atoms with E-state index in [1.807, 2.05) is 49.1 Å². The van der Waals surface area contributed by atoms with Gasteiger partial charge in [0.25, 0.3) is 5.91 Å². The Hall–Kier alpha value is -3.13. The number of ether oxygens (including phenoxy) is 1. The minimum absolute atomic E-state index is 0.00366. The molecule has 0 aromatic heterocycles. The van der Waals surface area contributed by atoms with E-state index in [9.17, 15) is 9.59 Å². The van der Waals surface area contributed by atoms with Gasteiger partial charge in [-0.1, -0.05) is 45.9 Å². The van der Waals surface area contributed by atoms with E-state index in [0.717, 1.165) is 24.5 Å². The quantitative estimate of drug-likeness (QED) is 0.578. The molecular formula is C26H34N4O3S. The first-order valence-electron chi connectivity index (χ1n) is 11.7. The highest BCUT2D eigenvalue weighted by atomic mass is 32.1. The van der Waals surface area contributed by atoms with Gasteiger partial charge in [0.15, 0.2) is 5.11 Å². The first-order chi connectivity index (χ1) is 16.2. The zero-order valence-electron chi connectivity index (χ0n) is 20.3. The largest absolute Gasteiger partial charge is 0.493 e. The van der Waals surface area contributed by atoms with Crippen molar-refractivity contribution in [3.05, 3.63) is 54.1 Å². The average Bonchev–Trinajstić information content (AvgIpc) is 2.82. The highest BCUT2D eigenvalue weighted by molar-refractivity contribution is 7.80. The second-order valence-electron chi connectivity index (χ2n) is 9.13. The third-order valence-electron chi connectivity index (χ3n) is 5.48. The lowest BCUT2D eigenvalue weighted by atomic mass is 10.1. The van der Waals surface area contributed by atoms with Crippen LogP contribution in [-0.4, -0.2) is 54.6 Å². The predicted octanol–water partition coefficient (Wildman–Crippen LogP) is 4.15. The Morgan fingerprint density at radius 3 is 2.38 bits per heavy atom. The molecule has 182 valence electrons. The van der Waals surface area contributed by atoms with Crippen molar-refractivity contribution >= 4 is 40.5 Å². The summed E-state index contributed by atoms with van der Waals surface area (Å²) in [6.45, 7) is 11.4. The monoisotopic (exact) mass is 482 g/mol. The number of piperazine rings is 1. The van der Waals surface area contributed by atoms with Crippen molar-refractivity contribution in [1.29, 1.82) is 0 Å². The molecule has 2 aromatic rings. The molecule has 1 aliphatic heterocycles. The van der Waals surface area contributed by atoms with E-state index in [-0.39, 0.29) is 22.8 Å². The van der Waals surface area contributed by atoms with Crippen LogP contribution in [-0.2, 0) is 4.79 Å². The number of para-hydroxylation sites is 2. The number of amides is 2. The lowest BCUT2D eigenvalue weighted by molar-refractivity contribution is -0.134. The van der Waals surface area contributed by atoms with E-state index in [2.05, 4.69) is 29.4 Å². The van der Waals surface area contributed by atoms with Gasteiger partial charge in [0.2, 0.25) is 5.91 Å². The summed E-state index contributed by atoms with van der Waals surface area (Å²) in [5.41, 5.74) is 2.27. The number of carbonyl (C=O) groups is 2. The number of nitrogens with one attached hydrogen (secondary N) is 2. The molecule has 3 rings (SSSR count). The van der Waals surface area contributed by atoms with Crippen molar-refractivity contribution in [2.75, 3.05) is 43.0 Å². The number of carbonyl (C=O) groups excluding carboxylic acids is 2. The van der Waals surface area contributed by atoms with Gasteiger partial charge >= 0.3 is 0 Å². The molecule has 1 saturated heterocycles. The van der Waals surface area contributed by atoms with E-state index in [4.69, 9.17) is 17.0 Å². The molecule has 0 spiro atoms. The standard InChI is InChI=1S/C26H34N4O3S/c1-18(2)17-33-21-9-7-8-20(16-21)24(31)28-26(34)27-22-10-5-6-11-23(22)29-12-14-30(15-13-29)25(32)19(3)4/h5-11,16,18-19H,12-15,17H2,1-4H3,(H2,27,28,31,34). The minimum Gasteiger partial charge on any atom is -0.493 e. The molecule has 0 saturated carbocycles. The molecule has 1 fully saturated rings. The predicted molar refractivity (Wildman–Crippen MR) is 141 cm³/mol.